The van der Waals surface area contributed by atoms with Crippen molar-refractivity contribution in [2.75, 3.05) is 6.54 Å². The molecule has 1 saturated heterocycles. The molecule has 0 aromatic rings. The Balaban J connectivity index is 2.31. The Morgan fingerprint density at radius 2 is 2.17 bits per heavy atom. The van der Waals surface area contributed by atoms with Crippen molar-refractivity contribution in [1.29, 1.82) is 0 Å². The van der Waals surface area contributed by atoms with Gasteiger partial charge in [-0.1, -0.05) is 0 Å². The van der Waals surface area contributed by atoms with Crippen LogP contribution < -0.4 is 11.1 Å². The molecule has 1 aliphatic heterocycles. The average molecular weight is 86.1 g/mol. The van der Waals surface area contributed by atoms with Crippen LogP contribution in [0.15, 0.2) is 0 Å². The Labute approximate surface area is 37.7 Å². The molecule has 36 valence electrons. The topological polar surface area (TPSA) is 38.0 Å². The first-order chi connectivity index (χ1) is 2.71. The van der Waals surface area contributed by atoms with Gasteiger partial charge >= 0.3 is 0 Å². The average Bonchev–Trinajstić information content (AvgIpc) is 1.32. The lowest BCUT2D eigenvalue weighted by molar-refractivity contribution is 0.243. The number of hydrogen-bond acceptors (Lipinski definition) is 2. The summed E-state index contributed by atoms with van der Waals surface area (Å²) >= 11 is 0. The van der Waals surface area contributed by atoms with Gasteiger partial charge in [0.25, 0.3) is 0 Å². The molecule has 6 heavy (non-hydrogen) atoms. The van der Waals surface area contributed by atoms with E-state index in [2.05, 4.69) is 5.32 Å². The van der Waals surface area contributed by atoms with Crippen LogP contribution in [-0.4, -0.2) is 12.2 Å². The van der Waals surface area contributed by atoms with Crippen LogP contribution in [0.5, 0.6) is 0 Å². The maximum absolute atomic E-state index is 5.51. The van der Waals surface area contributed by atoms with Crippen molar-refractivity contribution in [3.05, 3.63) is 0 Å². The first kappa shape index (κ1) is 4.09. The van der Waals surface area contributed by atoms with E-state index in [1.807, 2.05) is 6.92 Å². The Morgan fingerprint density at radius 1 is 1.83 bits per heavy atom. The van der Waals surface area contributed by atoms with Crippen molar-refractivity contribution >= 4 is 0 Å². The van der Waals surface area contributed by atoms with E-state index in [0.717, 1.165) is 13.0 Å². The molecule has 0 aromatic carbocycles. The van der Waals surface area contributed by atoms with Gasteiger partial charge in [-0.3, -0.25) is 5.32 Å². The molecule has 0 radical (unpaired) electrons. The monoisotopic (exact) mass is 86.1 g/mol. The molecule has 1 atom stereocenters. The van der Waals surface area contributed by atoms with Crippen LogP contribution in [0.4, 0.5) is 0 Å². The number of hydrogen-bond donors (Lipinski definition) is 2. The van der Waals surface area contributed by atoms with Gasteiger partial charge in [0.2, 0.25) is 0 Å². The lowest BCUT2D eigenvalue weighted by Gasteiger charge is -2.35. The van der Waals surface area contributed by atoms with Gasteiger partial charge in [0.05, 0.1) is 5.66 Å². The third-order valence-electron chi connectivity index (χ3n) is 1.17. The van der Waals surface area contributed by atoms with Gasteiger partial charge in [-0.25, -0.2) is 0 Å². The van der Waals surface area contributed by atoms with E-state index in [1.165, 1.54) is 0 Å². The normalized spacial score (nSPS) is 45.0. The van der Waals surface area contributed by atoms with Gasteiger partial charge in [0, 0.05) is 0 Å². The summed E-state index contributed by atoms with van der Waals surface area (Å²) in [6, 6.07) is 0. The molecule has 0 aromatic heterocycles. The summed E-state index contributed by atoms with van der Waals surface area (Å²) in [5.74, 6) is 0. The van der Waals surface area contributed by atoms with E-state index in [0.29, 0.717) is 0 Å². The van der Waals surface area contributed by atoms with Crippen molar-refractivity contribution in [3.8, 4) is 0 Å². The van der Waals surface area contributed by atoms with Gasteiger partial charge < -0.3 is 5.73 Å². The van der Waals surface area contributed by atoms with E-state index in [4.69, 9.17) is 5.73 Å². The fourth-order valence-corrected chi connectivity index (χ4v) is 0.519. The van der Waals surface area contributed by atoms with Crippen LogP contribution in [0.2, 0.25) is 0 Å². The fraction of sp³-hybridized carbons (Fsp3) is 1.00. The molecule has 1 fully saturated rings. The lowest BCUT2D eigenvalue weighted by atomic mass is 10.0. The molecule has 0 saturated carbocycles. The molecule has 2 nitrogen and oxygen atoms in total. The number of nitrogens with two attached hydrogens (primary N) is 1. The summed E-state index contributed by atoms with van der Waals surface area (Å²) in [4.78, 5) is 0. The molecular weight excluding hydrogens is 76.1 g/mol. The summed E-state index contributed by atoms with van der Waals surface area (Å²) in [6.07, 6.45) is 1.12. The minimum Gasteiger partial charge on any atom is -0.314 e. The zero-order valence-corrected chi connectivity index (χ0v) is 3.99. The maximum Gasteiger partial charge on any atom is 0.0645 e. The van der Waals surface area contributed by atoms with Gasteiger partial charge in [-0.15, -0.1) is 0 Å². The van der Waals surface area contributed by atoms with Gasteiger partial charge in [-0.2, -0.15) is 0 Å². The maximum atomic E-state index is 5.51. The van der Waals surface area contributed by atoms with E-state index >= 15 is 0 Å². The predicted molar refractivity (Wildman–Crippen MR) is 25.2 cm³/mol. The van der Waals surface area contributed by atoms with Crippen LogP contribution in [-0.2, 0) is 0 Å². The Morgan fingerprint density at radius 3 is 2.17 bits per heavy atom. The predicted octanol–water partition coefficient (Wildman–Crippen LogP) is -0.345. The molecule has 0 amide bonds. The zero-order chi connectivity index (χ0) is 4.62. The highest BCUT2D eigenvalue weighted by atomic mass is 15.1. The minimum atomic E-state index is -0.0278. The zero-order valence-electron chi connectivity index (χ0n) is 3.99. The molecule has 2 heteroatoms. The molecule has 3 N–H and O–H groups in total. The highest BCUT2D eigenvalue weighted by Crippen LogP contribution is 2.07. The first-order valence-corrected chi connectivity index (χ1v) is 2.25. The summed E-state index contributed by atoms with van der Waals surface area (Å²) < 4.78 is 0. The fourth-order valence-electron chi connectivity index (χ4n) is 0.519. The highest BCUT2D eigenvalue weighted by molar-refractivity contribution is 4.85. The van der Waals surface area contributed by atoms with Crippen molar-refractivity contribution in [3.63, 3.8) is 0 Å². The van der Waals surface area contributed by atoms with Crippen LogP contribution in [0.1, 0.15) is 13.3 Å². The Hall–Kier alpha value is -0.0800. The van der Waals surface area contributed by atoms with Crippen LogP contribution >= 0.6 is 0 Å². The van der Waals surface area contributed by atoms with E-state index in [-0.39, 0.29) is 5.66 Å². The van der Waals surface area contributed by atoms with Crippen molar-refractivity contribution in [2.45, 2.75) is 19.0 Å². The second kappa shape index (κ2) is 0.950. The molecule has 0 aliphatic carbocycles. The van der Waals surface area contributed by atoms with Crippen LogP contribution in [0.3, 0.4) is 0 Å². The Kier molecular flexibility index (Phi) is 0.648. The summed E-state index contributed by atoms with van der Waals surface area (Å²) in [6.45, 7) is 3.09. The molecule has 0 bridgehead atoms. The molecule has 1 heterocycles. The third kappa shape index (κ3) is 0.533. The van der Waals surface area contributed by atoms with Crippen molar-refractivity contribution in [2.24, 2.45) is 5.73 Å². The molecule has 1 aliphatic rings. The summed E-state index contributed by atoms with van der Waals surface area (Å²) in [7, 11) is 0. The van der Waals surface area contributed by atoms with Crippen LogP contribution in [0.25, 0.3) is 0 Å². The number of nitrogens with one attached hydrogen (secondary N) is 1. The highest BCUT2D eigenvalue weighted by Gasteiger charge is 2.24. The molecule has 1 rings (SSSR count). The van der Waals surface area contributed by atoms with E-state index in [1.54, 1.807) is 0 Å². The molecule has 0 spiro atoms. The summed E-state index contributed by atoms with van der Waals surface area (Å²) in [5.41, 5.74) is 5.48. The van der Waals surface area contributed by atoms with Gasteiger partial charge in [0.1, 0.15) is 0 Å². The second-order valence-electron chi connectivity index (χ2n) is 2.09. The van der Waals surface area contributed by atoms with E-state index < -0.39 is 0 Å². The minimum absolute atomic E-state index is 0.0278. The number of rotatable bonds is 0. The lowest BCUT2D eigenvalue weighted by Crippen LogP contribution is -2.61. The van der Waals surface area contributed by atoms with E-state index in [9.17, 15) is 0 Å². The summed E-state index contributed by atoms with van der Waals surface area (Å²) in [5, 5.41) is 3.06. The van der Waals surface area contributed by atoms with Crippen LogP contribution in [0, 0.1) is 0 Å². The van der Waals surface area contributed by atoms with Crippen molar-refractivity contribution < 1.29 is 0 Å². The second-order valence-corrected chi connectivity index (χ2v) is 2.09. The van der Waals surface area contributed by atoms with Gasteiger partial charge in [0.15, 0.2) is 0 Å². The first-order valence-electron chi connectivity index (χ1n) is 2.25. The smallest absolute Gasteiger partial charge is 0.0645 e. The van der Waals surface area contributed by atoms with Crippen molar-refractivity contribution in [1.82, 2.24) is 5.32 Å². The Bertz CT molecular complexity index is 52.6. The SMILES string of the molecule is CC1(N)CCN1. The molecular formula is C4H10N2. The van der Waals surface area contributed by atoms with Gasteiger partial charge in [-0.05, 0) is 19.9 Å². The third-order valence-corrected chi connectivity index (χ3v) is 1.17. The quantitative estimate of drug-likeness (QED) is 0.423. The standard InChI is InChI=1S/C4H10N2/c1-4(5)2-3-6-4/h6H,2-3,5H2,1H3. The molecule has 1 unspecified atom stereocenters. The largest absolute Gasteiger partial charge is 0.314 e.